The van der Waals surface area contributed by atoms with Crippen molar-refractivity contribution in [2.75, 3.05) is 0 Å². The molecular weight excluding hydrogens is 290 g/mol. The van der Waals surface area contributed by atoms with Crippen LogP contribution in [0.25, 0.3) is 0 Å². The summed E-state index contributed by atoms with van der Waals surface area (Å²) in [6.07, 6.45) is 0.386. The lowest BCUT2D eigenvalue weighted by molar-refractivity contribution is 0.0861. The predicted molar refractivity (Wildman–Crippen MR) is 75.4 cm³/mol. The number of Topliss-reactive ketones (excluding diaryl/α,β-unsaturated/α-hetero) is 1. The van der Waals surface area contributed by atoms with Crippen molar-refractivity contribution in [3.05, 3.63) is 46.8 Å². The summed E-state index contributed by atoms with van der Waals surface area (Å²) in [4.78, 5) is 12.6. The van der Waals surface area contributed by atoms with E-state index in [0.717, 1.165) is 5.56 Å². The molecule has 2 heterocycles. The van der Waals surface area contributed by atoms with Gasteiger partial charge in [0.2, 0.25) is 5.78 Å². The van der Waals surface area contributed by atoms with Crippen LogP contribution in [-0.2, 0) is 20.0 Å². The molecule has 21 heavy (non-hydrogen) atoms. The van der Waals surface area contributed by atoms with Gasteiger partial charge in [-0.05, 0) is 29.8 Å². The Kier molecular flexibility index (Phi) is 3.45. The summed E-state index contributed by atoms with van der Waals surface area (Å²) in [6.45, 7) is 0.357. The third-order valence-corrected chi connectivity index (χ3v) is 3.98. The number of hydrogen-bond acceptors (Lipinski definition) is 5. The lowest BCUT2D eigenvalue weighted by Gasteiger charge is -2.28. The molecule has 6 nitrogen and oxygen atoms in total. The van der Waals surface area contributed by atoms with E-state index in [1.54, 1.807) is 19.2 Å². The van der Waals surface area contributed by atoms with Crippen molar-refractivity contribution >= 4 is 17.6 Å². The Labute approximate surface area is 126 Å². The number of carbonyl (C=O) groups excluding carboxylic acids is 1. The number of hydrogen-bond donors (Lipinski definition) is 0. The van der Waals surface area contributed by atoms with Gasteiger partial charge in [0.25, 0.3) is 0 Å². The van der Waals surface area contributed by atoms with Gasteiger partial charge in [-0.1, -0.05) is 23.4 Å². The molecule has 0 saturated carbocycles. The zero-order valence-corrected chi connectivity index (χ0v) is 12.1. The minimum atomic E-state index is -0.522. The van der Waals surface area contributed by atoms with Crippen LogP contribution in [0.5, 0.6) is 0 Å². The van der Waals surface area contributed by atoms with Gasteiger partial charge in [-0.3, -0.25) is 4.79 Å². The van der Waals surface area contributed by atoms with E-state index in [-0.39, 0.29) is 5.78 Å². The molecule has 7 heteroatoms. The molecule has 0 aliphatic carbocycles. The van der Waals surface area contributed by atoms with Gasteiger partial charge < -0.3 is 0 Å². The molecule has 0 radical (unpaired) electrons. The molecular formula is C14H12ClN5O. The number of halogens is 1. The van der Waals surface area contributed by atoms with E-state index in [9.17, 15) is 4.79 Å². The maximum absolute atomic E-state index is 12.6. The van der Waals surface area contributed by atoms with Gasteiger partial charge in [-0.15, -0.1) is 5.10 Å². The Morgan fingerprint density at radius 3 is 3.00 bits per heavy atom. The van der Waals surface area contributed by atoms with Gasteiger partial charge >= 0.3 is 0 Å². The zero-order valence-electron chi connectivity index (χ0n) is 11.3. The summed E-state index contributed by atoms with van der Waals surface area (Å²) in [5.41, 5.74) is 2.44. The Morgan fingerprint density at radius 2 is 2.24 bits per heavy atom. The van der Waals surface area contributed by atoms with Crippen molar-refractivity contribution in [3.8, 4) is 6.07 Å². The smallest absolute Gasteiger partial charge is 0.201 e. The number of nitriles is 1. The fourth-order valence-corrected chi connectivity index (χ4v) is 2.82. The third kappa shape index (κ3) is 2.31. The molecule has 1 aromatic carbocycles. The maximum Gasteiger partial charge on any atom is 0.201 e. The molecule has 1 aliphatic rings. The number of aromatic nitrogens is 3. The van der Waals surface area contributed by atoms with Crippen LogP contribution >= 0.6 is 11.8 Å². The largest absolute Gasteiger partial charge is 0.291 e. The first kappa shape index (κ1) is 13.7. The fourth-order valence-electron chi connectivity index (χ4n) is 2.55. The Balaban J connectivity index is 1.95. The van der Waals surface area contributed by atoms with Crippen LogP contribution < -0.4 is 0 Å². The van der Waals surface area contributed by atoms with E-state index >= 15 is 0 Å². The molecule has 1 atom stereocenters. The Hall–Kier alpha value is -2.23. The van der Waals surface area contributed by atoms with E-state index in [0.29, 0.717) is 29.9 Å². The highest BCUT2D eigenvalue weighted by Gasteiger charge is 2.36. The number of carbonyl (C=O) groups is 1. The van der Waals surface area contributed by atoms with Crippen LogP contribution in [0.15, 0.2) is 24.3 Å². The second-order valence-electron chi connectivity index (χ2n) is 4.92. The molecule has 1 aromatic heterocycles. The molecule has 3 rings (SSSR count). The van der Waals surface area contributed by atoms with Crippen LogP contribution in [-0.4, -0.2) is 31.2 Å². The molecule has 0 saturated heterocycles. The number of benzene rings is 1. The average Bonchev–Trinajstić information content (AvgIpc) is 2.85. The molecule has 0 N–H and O–H groups in total. The lowest BCUT2D eigenvalue weighted by Crippen LogP contribution is -2.42. The zero-order chi connectivity index (χ0) is 15.0. The first-order valence-electron chi connectivity index (χ1n) is 6.45. The molecule has 2 aromatic rings. The van der Waals surface area contributed by atoms with E-state index in [2.05, 4.69) is 16.4 Å². The molecule has 106 valence electrons. The quantitative estimate of drug-likeness (QED) is 0.785. The minimum absolute atomic E-state index is 0.119. The summed E-state index contributed by atoms with van der Waals surface area (Å²) in [6, 6.07) is 8.83. The predicted octanol–water partition coefficient (Wildman–Crippen LogP) is 1.45. The van der Waals surface area contributed by atoms with E-state index < -0.39 is 6.04 Å². The van der Waals surface area contributed by atoms with Crippen molar-refractivity contribution in [2.45, 2.75) is 19.0 Å². The van der Waals surface area contributed by atoms with Crippen molar-refractivity contribution < 1.29 is 4.79 Å². The number of ketones is 1. The number of nitrogens with zero attached hydrogens (tertiary/aromatic N) is 5. The van der Waals surface area contributed by atoms with Crippen molar-refractivity contribution in [1.82, 2.24) is 19.4 Å². The van der Waals surface area contributed by atoms with Crippen molar-refractivity contribution in [3.63, 3.8) is 0 Å². The molecule has 0 fully saturated rings. The topological polar surface area (TPSA) is 74.8 Å². The molecule has 0 bridgehead atoms. The van der Waals surface area contributed by atoms with Gasteiger partial charge in [-0.2, -0.15) is 5.26 Å². The van der Waals surface area contributed by atoms with Crippen LogP contribution in [0.4, 0.5) is 0 Å². The SMILES string of the molecule is Cn1nnc2c1C(=O)C(Cc1ccccc1C#N)N(Cl)C2. The van der Waals surface area contributed by atoms with Crippen LogP contribution in [0.1, 0.15) is 27.3 Å². The Bertz CT molecular complexity index is 748. The van der Waals surface area contributed by atoms with Crippen LogP contribution in [0, 0.1) is 11.3 Å². The Morgan fingerprint density at radius 1 is 1.48 bits per heavy atom. The summed E-state index contributed by atoms with van der Waals surface area (Å²) < 4.78 is 2.91. The fraction of sp³-hybridized carbons (Fsp3) is 0.286. The van der Waals surface area contributed by atoms with E-state index in [1.165, 1.54) is 9.10 Å². The van der Waals surface area contributed by atoms with Crippen LogP contribution in [0.2, 0.25) is 0 Å². The summed E-state index contributed by atoms with van der Waals surface area (Å²) in [5, 5.41) is 17.0. The maximum atomic E-state index is 12.6. The normalized spacial score (nSPS) is 18.3. The number of rotatable bonds is 2. The monoisotopic (exact) mass is 301 g/mol. The van der Waals surface area contributed by atoms with E-state index in [1.807, 2.05) is 12.1 Å². The van der Waals surface area contributed by atoms with Gasteiger partial charge in [0.1, 0.15) is 11.4 Å². The van der Waals surface area contributed by atoms with Crippen molar-refractivity contribution in [2.24, 2.45) is 7.05 Å². The molecule has 1 unspecified atom stereocenters. The van der Waals surface area contributed by atoms with Gasteiger partial charge in [0.05, 0.1) is 24.2 Å². The van der Waals surface area contributed by atoms with Crippen LogP contribution in [0.3, 0.4) is 0 Å². The van der Waals surface area contributed by atoms with Gasteiger partial charge in [0, 0.05) is 7.05 Å². The average molecular weight is 302 g/mol. The molecule has 0 amide bonds. The minimum Gasteiger partial charge on any atom is -0.291 e. The number of aryl methyl sites for hydroxylation is 1. The summed E-state index contributed by atoms with van der Waals surface area (Å²) in [5.74, 6) is -0.119. The van der Waals surface area contributed by atoms with Gasteiger partial charge in [0.15, 0.2) is 0 Å². The first-order chi connectivity index (χ1) is 10.1. The highest BCUT2D eigenvalue weighted by Crippen LogP contribution is 2.26. The highest BCUT2D eigenvalue weighted by atomic mass is 35.5. The number of fused-ring (bicyclic) bond motifs is 1. The molecule has 1 aliphatic heterocycles. The summed E-state index contributed by atoms with van der Waals surface area (Å²) in [7, 11) is 1.69. The standard InChI is InChI=1S/C14H12ClN5O/c1-19-13-11(17-18-19)8-20(15)12(14(13)21)6-9-4-2-3-5-10(9)7-16/h2-5,12H,6,8H2,1H3. The van der Waals surface area contributed by atoms with E-state index in [4.69, 9.17) is 17.0 Å². The third-order valence-electron chi connectivity index (χ3n) is 3.62. The second-order valence-corrected chi connectivity index (χ2v) is 5.35. The lowest BCUT2D eigenvalue weighted by atomic mass is 9.94. The molecule has 0 spiro atoms. The second kappa shape index (κ2) is 5.28. The van der Waals surface area contributed by atoms with Crippen molar-refractivity contribution in [1.29, 1.82) is 5.26 Å². The highest BCUT2D eigenvalue weighted by molar-refractivity contribution is 6.17. The first-order valence-corrected chi connectivity index (χ1v) is 6.79. The summed E-state index contributed by atoms with van der Waals surface area (Å²) >= 11 is 6.21. The van der Waals surface area contributed by atoms with Gasteiger partial charge in [-0.25, -0.2) is 9.10 Å².